The van der Waals surface area contributed by atoms with Crippen LogP contribution in [0.1, 0.15) is 28.8 Å². The second kappa shape index (κ2) is 9.15. The number of benzene rings is 2. The number of hydrogen-bond acceptors (Lipinski definition) is 4. The van der Waals surface area contributed by atoms with E-state index in [1.807, 2.05) is 19.1 Å². The van der Waals surface area contributed by atoms with E-state index >= 15 is 0 Å². The Kier molecular flexibility index (Phi) is 6.59. The minimum absolute atomic E-state index is 0.0261. The molecule has 2 atom stereocenters. The Labute approximate surface area is 176 Å². The lowest BCUT2D eigenvalue weighted by atomic mass is 9.87. The minimum atomic E-state index is -0.416. The van der Waals surface area contributed by atoms with E-state index in [-0.39, 0.29) is 24.3 Å². The summed E-state index contributed by atoms with van der Waals surface area (Å²) < 4.78 is 24.2. The molecular weight excluding hydrogens is 387 g/mol. The molecule has 2 aromatic rings. The van der Waals surface area contributed by atoms with Crippen LogP contribution in [0.2, 0.25) is 0 Å². The Morgan fingerprint density at radius 3 is 2.40 bits per heavy atom. The molecule has 0 aromatic heterocycles. The lowest BCUT2D eigenvalue weighted by Crippen LogP contribution is -2.37. The van der Waals surface area contributed by atoms with Crippen molar-refractivity contribution in [2.24, 2.45) is 5.92 Å². The van der Waals surface area contributed by atoms with Crippen LogP contribution in [0, 0.1) is 11.7 Å². The van der Waals surface area contributed by atoms with Crippen LogP contribution < -0.4 is 9.47 Å². The van der Waals surface area contributed by atoms with E-state index in [9.17, 15) is 14.0 Å². The third kappa shape index (κ3) is 4.25. The maximum atomic E-state index is 13.3. The topological polar surface area (TPSA) is 59.1 Å². The predicted molar refractivity (Wildman–Crippen MR) is 111 cm³/mol. The SMILES string of the molecule is CCN(C)C(=O)C1CN(C(=O)c2ccc(F)cc2)CC1c1cc(OC)ccc1OC. The van der Waals surface area contributed by atoms with E-state index < -0.39 is 11.7 Å². The van der Waals surface area contributed by atoms with Crippen LogP contribution in [-0.4, -0.2) is 62.5 Å². The molecule has 0 radical (unpaired) electrons. The van der Waals surface area contributed by atoms with Gasteiger partial charge in [-0.3, -0.25) is 9.59 Å². The van der Waals surface area contributed by atoms with Crippen LogP contribution in [0.15, 0.2) is 42.5 Å². The molecule has 1 aliphatic heterocycles. The van der Waals surface area contributed by atoms with Gasteiger partial charge in [0.05, 0.1) is 20.1 Å². The fourth-order valence-corrected chi connectivity index (χ4v) is 3.88. The monoisotopic (exact) mass is 414 g/mol. The first-order valence-corrected chi connectivity index (χ1v) is 9.91. The number of hydrogen-bond donors (Lipinski definition) is 0. The Balaban J connectivity index is 1.98. The first-order valence-electron chi connectivity index (χ1n) is 9.91. The van der Waals surface area contributed by atoms with Crippen molar-refractivity contribution in [3.8, 4) is 11.5 Å². The highest BCUT2D eigenvalue weighted by Crippen LogP contribution is 2.40. The maximum Gasteiger partial charge on any atom is 0.253 e. The lowest BCUT2D eigenvalue weighted by Gasteiger charge is -2.24. The standard InChI is InChI=1S/C23H27FN2O4/c1-5-25(2)23(28)20-14-26(22(27)15-6-8-16(24)9-7-15)13-19(20)18-12-17(29-3)10-11-21(18)30-4/h6-12,19-20H,5,13-14H2,1-4H3. The summed E-state index contributed by atoms with van der Waals surface area (Å²) in [7, 11) is 4.92. The third-order valence-electron chi connectivity index (χ3n) is 5.70. The van der Waals surface area contributed by atoms with Gasteiger partial charge in [0, 0.05) is 43.7 Å². The van der Waals surface area contributed by atoms with E-state index in [2.05, 4.69) is 0 Å². The van der Waals surface area contributed by atoms with E-state index in [4.69, 9.17) is 9.47 Å². The zero-order valence-corrected chi connectivity index (χ0v) is 17.7. The number of likely N-dealkylation sites (tertiary alicyclic amines) is 1. The fourth-order valence-electron chi connectivity index (χ4n) is 3.88. The molecule has 1 aliphatic rings. The van der Waals surface area contributed by atoms with E-state index in [1.165, 1.54) is 24.3 Å². The molecule has 30 heavy (non-hydrogen) atoms. The number of halogens is 1. The number of rotatable bonds is 6. The van der Waals surface area contributed by atoms with Gasteiger partial charge in [0.2, 0.25) is 5.91 Å². The number of methoxy groups -OCH3 is 2. The summed E-state index contributed by atoms with van der Waals surface area (Å²) in [6, 6.07) is 10.9. The van der Waals surface area contributed by atoms with Crippen molar-refractivity contribution in [1.82, 2.24) is 9.80 Å². The molecule has 1 heterocycles. The maximum absolute atomic E-state index is 13.3. The molecule has 0 aliphatic carbocycles. The normalized spacial score (nSPS) is 18.2. The molecule has 6 nitrogen and oxygen atoms in total. The van der Waals surface area contributed by atoms with E-state index in [1.54, 1.807) is 37.1 Å². The largest absolute Gasteiger partial charge is 0.497 e. The average Bonchev–Trinajstić information content (AvgIpc) is 3.22. The summed E-state index contributed by atoms with van der Waals surface area (Å²) >= 11 is 0. The van der Waals surface area contributed by atoms with Gasteiger partial charge in [0.1, 0.15) is 17.3 Å². The van der Waals surface area contributed by atoms with Gasteiger partial charge in [-0.25, -0.2) is 4.39 Å². The van der Waals surface area contributed by atoms with Crippen molar-refractivity contribution < 1.29 is 23.5 Å². The smallest absolute Gasteiger partial charge is 0.253 e. The predicted octanol–water partition coefficient (Wildman–Crippen LogP) is 3.18. The Morgan fingerprint density at radius 2 is 1.80 bits per heavy atom. The zero-order valence-electron chi connectivity index (χ0n) is 17.7. The van der Waals surface area contributed by atoms with Gasteiger partial charge in [-0.05, 0) is 49.4 Å². The number of nitrogens with zero attached hydrogens (tertiary/aromatic N) is 2. The molecule has 2 aromatic carbocycles. The molecule has 2 amide bonds. The van der Waals surface area contributed by atoms with Crippen LogP contribution in [-0.2, 0) is 4.79 Å². The molecule has 0 saturated carbocycles. The molecule has 3 rings (SSSR count). The zero-order chi connectivity index (χ0) is 21.8. The van der Waals surface area contributed by atoms with Gasteiger partial charge in [-0.2, -0.15) is 0 Å². The molecule has 0 spiro atoms. The van der Waals surface area contributed by atoms with Crippen LogP contribution in [0.4, 0.5) is 4.39 Å². The van der Waals surface area contributed by atoms with Crippen molar-refractivity contribution in [3.63, 3.8) is 0 Å². The molecule has 0 N–H and O–H groups in total. The second-order valence-corrected chi connectivity index (χ2v) is 7.39. The fraction of sp³-hybridized carbons (Fsp3) is 0.391. The van der Waals surface area contributed by atoms with Crippen LogP contribution in [0.3, 0.4) is 0 Å². The number of carbonyl (C=O) groups is 2. The van der Waals surface area contributed by atoms with Crippen molar-refractivity contribution >= 4 is 11.8 Å². The highest BCUT2D eigenvalue weighted by Gasteiger charge is 2.42. The molecule has 0 bridgehead atoms. The molecule has 1 saturated heterocycles. The van der Waals surface area contributed by atoms with Gasteiger partial charge in [0.25, 0.3) is 5.91 Å². The van der Waals surface area contributed by atoms with Crippen molar-refractivity contribution in [1.29, 1.82) is 0 Å². The second-order valence-electron chi connectivity index (χ2n) is 7.39. The van der Waals surface area contributed by atoms with Gasteiger partial charge in [-0.1, -0.05) is 0 Å². The van der Waals surface area contributed by atoms with Gasteiger partial charge < -0.3 is 19.3 Å². The Bertz CT molecular complexity index is 916. The highest BCUT2D eigenvalue weighted by molar-refractivity contribution is 5.95. The molecule has 7 heteroatoms. The van der Waals surface area contributed by atoms with E-state index in [0.717, 1.165) is 5.56 Å². The van der Waals surface area contributed by atoms with Crippen LogP contribution in [0.5, 0.6) is 11.5 Å². The molecule has 160 valence electrons. The van der Waals surface area contributed by atoms with Gasteiger partial charge in [-0.15, -0.1) is 0 Å². The summed E-state index contributed by atoms with van der Waals surface area (Å²) in [5.74, 6) is -0.0121. The quantitative estimate of drug-likeness (QED) is 0.729. The van der Waals surface area contributed by atoms with Gasteiger partial charge >= 0.3 is 0 Å². The minimum Gasteiger partial charge on any atom is -0.497 e. The summed E-state index contributed by atoms with van der Waals surface area (Å²) in [6.07, 6.45) is 0. The van der Waals surface area contributed by atoms with E-state index in [0.29, 0.717) is 30.2 Å². The van der Waals surface area contributed by atoms with Crippen LogP contribution >= 0.6 is 0 Å². The number of carbonyl (C=O) groups excluding carboxylic acids is 2. The highest BCUT2D eigenvalue weighted by atomic mass is 19.1. The van der Waals surface area contributed by atoms with Crippen molar-refractivity contribution in [2.75, 3.05) is 40.9 Å². The number of amides is 2. The molecular formula is C23H27FN2O4. The van der Waals surface area contributed by atoms with Gasteiger partial charge in [0.15, 0.2) is 0 Å². The summed E-state index contributed by atoms with van der Waals surface area (Å²) in [5.41, 5.74) is 1.22. The summed E-state index contributed by atoms with van der Waals surface area (Å²) in [6.45, 7) is 3.12. The van der Waals surface area contributed by atoms with Crippen molar-refractivity contribution in [3.05, 3.63) is 59.4 Å². The summed E-state index contributed by atoms with van der Waals surface area (Å²) in [5, 5.41) is 0. The van der Waals surface area contributed by atoms with Crippen molar-refractivity contribution in [2.45, 2.75) is 12.8 Å². The first kappa shape index (κ1) is 21.6. The first-order chi connectivity index (χ1) is 14.4. The van der Waals surface area contributed by atoms with Crippen LogP contribution in [0.25, 0.3) is 0 Å². The number of ether oxygens (including phenoxy) is 2. The molecule has 2 unspecified atom stereocenters. The molecule has 1 fully saturated rings. The summed E-state index contributed by atoms with van der Waals surface area (Å²) in [4.78, 5) is 29.5. The Morgan fingerprint density at radius 1 is 1.10 bits per heavy atom. The third-order valence-corrected chi connectivity index (χ3v) is 5.70. The Hall–Kier alpha value is -3.09. The lowest BCUT2D eigenvalue weighted by molar-refractivity contribution is -0.133. The average molecular weight is 414 g/mol.